The Labute approximate surface area is 113 Å². The standard InChI is InChI=1S/C14H21N3O2/c1-2-17-6-5-11(15-17)7-16-8-12(10-3-4-10)13(9-16)14(18)19/h5-6,10,12-13H,2-4,7-9H2,1H3,(H,18,19)/t12-,13+/m0/s1. The minimum Gasteiger partial charge on any atom is -0.481 e. The van der Waals surface area contributed by atoms with Gasteiger partial charge in [0.1, 0.15) is 0 Å². The summed E-state index contributed by atoms with van der Waals surface area (Å²) in [5, 5.41) is 13.8. The van der Waals surface area contributed by atoms with Crippen LogP contribution in [0.5, 0.6) is 0 Å². The van der Waals surface area contributed by atoms with E-state index in [4.69, 9.17) is 0 Å². The lowest BCUT2D eigenvalue weighted by Gasteiger charge is -2.13. The quantitative estimate of drug-likeness (QED) is 0.873. The fourth-order valence-corrected chi connectivity index (χ4v) is 3.20. The molecule has 0 unspecified atom stereocenters. The molecule has 1 saturated carbocycles. The molecule has 2 fully saturated rings. The van der Waals surface area contributed by atoms with E-state index in [2.05, 4.69) is 16.9 Å². The van der Waals surface area contributed by atoms with Gasteiger partial charge in [0.15, 0.2) is 0 Å². The van der Waals surface area contributed by atoms with Crippen molar-refractivity contribution in [3.8, 4) is 0 Å². The lowest BCUT2D eigenvalue weighted by Crippen LogP contribution is -2.24. The van der Waals surface area contributed by atoms with Gasteiger partial charge in [-0.05, 0) is 37.7 Å². The van der Waals surface area contributed by atoms with Gasteiger partial charge in [-0.25, -0.2) is 0 Å². The summed E-state index contributed by atoms with van der Waals surface area (Å²) >= 11 is 0. The Kier molecular flexibility index (Phi) is 3.31. The Morgan fingerprint density at radius 2 is 2.26 bits per heavy atom. The van der Waals surface area contributed by atoms with Crippen molar-refractivity contribution in [2.75, 3.05) is 13.1 Å². The summed E-state index contributed by atoms with van der Waals surface area (Å²) in [6, 6.07) is 2.03. The van der Waals surface area contributed by atoms with Crippen LogP contribution in [0.1, 0.15) is 25.5 Å². The largest absolute Gasteiger partial charge is 0.481 e. The molecule has 19 heavy (non-hydrogen) atoms. The molecule has 0 amide bonds. The molecular formula is C14H21N3O2. The maximum absolute atomic E-state index is 11.3. The fourth-order valence-electron chi connectivity index (χ4n) is 3.20. The van der Waals surface area contributed by atoms with E-state index in [1.807, 2.05) is 16.9 Å². The lowest BCUT2D eigenvalue weighted by atomic mass is 9.92. The highest BCUT2D eigenvalue weighted by Gasteiger charge is 2.45. The summed E-state index contributed by atoms with van der Waals surface area (Å²) in [7, 11) is 0. The van der Waals surface area contributed by atoms with Crippen molar-refractivity contribution in [2.45, 2.75) is 32.9 Å². The van der Waals surface area contributed by atoms with Crippen molar-refractivity contribution in [2.24, 2.45) is 17.8 Å². The van der Waals surface area contributed by atoms with E-state index in [9.17, 15) is 9.90 Å². The van der Waals surface area contributed by atoms with Gasteiger partial charge in [-0.2, -0.15) is 5.10 Å². The van der Waals surface area contributed by atoms with Crippen molar-refractivity contribution in [1.82, 2.24) is 14.7 Å². The molecule has 0 bridgehead atoms. The minimum atomic E-state index is -0.626. The first-order valence-corrected chi connectivity index (χ1v) is 7.15. The van der Waals surface area contributed by atoms with Gasteiger partial charge < -0.3 is 5.11 Å². The third-order valence-electron chi connectivity index (χ3n) is 4.39. The van der Waals surface area contributed by atoms with Crippen LogP contribution in [0.15, 0.2) is 12.3 Å². The first-order chi connectivity index (χ1) is 9.17. The highest BCUT2D eigenvalue weighted by atomic mass is 16.4. The SMILES string of the molecule is CCn1ccc(CN2C[C@@H](C(=O)O)[C@H](C3CC3)C2)n1. The molecule has 104 valence electrons. The normalized spacial score (nSPS) is 27.8. The zero-order valence-electron chi connectivity index (χ0n) is 11.3. The van der Waals surface area contributed by atoms with Crippen LogP contribution in [-0.2, 0) is 17.9 Å². The summed E-state index contributed by atoms with van der Waals surface area (Å²) in [5.74, 6) is 0.198. The molecule has 3 rings (SSSR count). The molecule has 0 spiro atoms. The highest BCUT2D eigenvalue weighted by molar-refractivity contribution is 5.71. The Morgan fingerprint density at radius 3 is 2.84 bits per heavy atom. The predicted molar refractivity (Wildman–Crippen MR) is 70.5 cm³/mol. The second-order valence-corrected chi connectivity index (χ2v) is 5.80. The number of aryl methyl sites for hydroxylation is 1. The zero-order chi connectivity index (χ0) is 13.4. The topological polar surface area (TPSA) is 58.4 Å². The minimum absolute atomic E-state index is 0.180. The van der Waals surface area contributed by atoms with E-state index in [0.717, 1.165) is 25.3 Å². The molecule has 1 saturated heterocycles. The molecule has 1 aliphatic carbocycles. The van der Waals surface area contributed by atoms with Crippen LogP contribution in [0.25, 0.3) is 0 Å². The van der Waals surface area contributed by atoms with Crippen LogP contribution in [0.4, 0.5) is 0 Å². The number of carbonyl (C=O) groups is 1. The lowest BCUT2D eigenvalue weighted by molar-refractivity contribution is -0.142. The van der Waals surface area contributed by atoms with Crippen LogP contribution in [0.2, 0.25) is 0 Å². The first kappa shape index (κ1) is 12.7. The second kappa shape index (κ2) is 4.96. The molecule has 1 N–H and O–H groups in total. The molecule has 1 aliphatic heterocycles. The third-order valence-corrected chi connectivity index (χ3v) is 4.39. The Morgan fingerprint density at radius 1 is 1.47 bits per heavy atom. The van der Waals surface area contributed by atoms with Crippen LogP contribution < -0.4 is 0 Å². The third kappa shape index (κ3) is 2.66. The molecule has 0 radical (unpaired) electrons. The Hall–Kier alpha value is -1.36. The Bertz CT molecular complexity index is 467. The predicted octanol–water partition coefficient (Wildman–Crippen LogP) is 1.45. The maximum atomic E-state index is 11.3. The summed E-state index contributed by atoms with van der Waals surface area (Å²) < 4.78 is 1.92. The van der Waals surface area contributed by atoms with Crippen LogP contribution in [-0.4, -0.2) is 38.8 Å². The van der Waals surface area contributed by atoms with Crippen LogP contribution >= 0.6 is 0 Å². The second-order valence-electron chi connectivity index (χ2n) is 5.80. The molecule has 5 nitrogen and oxygen atoms in total. The monoisotopic (exact) mass is 263 g/mol. The molecule has 0 aromatic carbocycles. The summed E-state index contributed by atoms with van der Waals surface area (Å²) in [5.41, 5.74) is 1.04. The van der Waals surface area contributed by atoms with Crippen LogP contribution in [0.3, 0.4) is 0 Å². The smallest absolute Gasteiger partial charge is 0.308 e. The van der Waals surface area contributed by atoms with Gasteiger partial charge in [-0.1, -0.05) is 0 Å². The van der Waals surface area contributed by atoms with E-state index in [1.165, 1.54) is 12.8 Å². The van der Waals surface area contributed by atoms with Crippen molar-refractivity contribution < 1.29 is 9.90 Å². The van der Waals surface area contributed by atoms with Gasteiger partial charge in [-0.15, -0.1) is 0 Å². The van der Waals surface area contributed by atoms with E-state index < -0.39 is 5.97 Å². The van der Waals surface area contributed by atoms with Gasteiger partial charge in [0.2, 0.25) is 0 Å². The fraction of sp³-hybridized carbons (Fsp3) is 0.714. The summed E-state index contributed by atoms with van der Waals surface area (Å²) in [6.07, 6.45) is 4.41. The number of nitrogens with zero attached hydrogens (tertiary/aromatic N) is 3. The number of hydrogen-bond donors (Lipinski definition) is 1. The Balaban J connectivity index is 1.64. The molecule has 2 atom stereocenters. The van der Waals surface area contributed by atoms with E-state index >= 15 is 0 Å². The summed E-state index contributed by atoms with van der Waals surface area (Å²) in [4.78, 5) is 13.6. The number of hydrogen-bond acceptors (Lipinski definition) is 3. The zero-order valence-corrected chi connectivity index (χ0v) is 11.3. The van der Waals surface area contributed by atoms with Crippen molar-refractivity contribution in [1.29, 1.82) is 0 Å². The number of rotatable bonds is 5. The average molecular weight is 263 g/mol. The van der Waals surface area contributed by atoms with E-state index in [0.29, 0.717) is 18.4 Å². The molecule has 2 aliphatic rings. The van der Waals surface area contributed by atoms with E-state index in [1.54, 1.807) is 0 Å². The van der Waals surface area contributed by atoms with Crippen LogP contribution in [0, 0.1) is 17.8 Å². The van der Waals surface area contributed by atoms with E-state index in [-0.39, 0.29) is 5.92 Å². The highest BCUT2D eigenvalue weighted by Crippen LogP contribution is 2.44. The number of carboxylic acid groups (broad SMARTS) is 1. The average Bonchev–Trinajstić information content (AvgIpc) is 2.99. The first-order valence-electron chi connectivity index (χ1n) is 7.15. The number of carboxylic acids is 1. The molecular weight excluding hydrogens is 242 g/mol. The molecule has 1 aromatic heterocycles. The van der Waals surface area contributed by atoms with Gasteiger partial charge in [0.25, 0.3) is 0 Å². The van der Waals surface area contributed by atoms with Crippen molar-refractivity contribution in [3.63, 3.8) is 0 Å². The maximum Gasteiger partial charge on any atom is 0.308 e. The van der Waals surface area contributed by atoms with Crippen molar-refractivity contribution >= 4 is 5.97 Å². The number of aliphatic carboxylic acids is 1. The number of aromatic nitrogens is 2. The van der Waals surface area contributed by atoms with Crippen molar-refractivity contribution in [3.05, 3.63) is 18.0 Å². The molecule has 1 aromatic rings. The summed E-state index contributed by atoms with van der Waals surface area (Å²) in [6.45, 7) is 5.31. The number of likely N-dealkylation sites (tertiary alicyclic amines) is 1. The van der Waals surface area contributed by atoms with Gasteiger partial charge in [-0.3, -0.25) is 14.4 Å². The van der Waals surface area contributed by atoms with Gasteiger partial charge in [0, 0.05) is 32.4 Å². The molecule has 5 heteroatoms. The molecule has 2 heterocycles. The van der Waals surface area contributed by atoms with Gasteiger partial charge >= 0.3 is 5.97 Å². The van der Waals surface area contributed by atoms with Gasteiger partial charge in [0.05, 0.1) is 11.6 Å².